The Morgan fingerprint density at radius 3 is 2.92 bits per heavy atom. The molecule has 72 valence electrons. The molecule has 1 unspecified atom stereocenters. The van der Waals surface area contributed by atoms with Gasteiger partial charge in [0.1, 0.15) is 0 Å². The summed E-state index contributed by atoms with van der Waals surface area (Å²) in [7, 11) is 0. The fourth-order valence-corrected chi connectivity index (χ4v) is 2.91. The van der Waals surface area contributed by atoms with E-state index in [1.165, 1.54) is 44.5 Å². The molecular formula is C10H21NS. The van der Waals surface area contributed by atoms with Crippen LogP contribution in [0, 0.1) is 0 Å². The molecule has 1 atom stereocenters. The highest BCUT2D eigenvalue weighted by Crippen LogP contribution is 2.36. The molecule has 0 spiro atoms. The highest BCUT2D eigenvalue weighted by Gasteiger charge is 2.28. The van der Waals surface area contributed by atoms with Gasteiger partial charge >= 0.3 is 0 Å². The van der Waals surface area contributed by atoms with Gasteiger partial charge in [0.05, 0.1) is 0 Å². The van der Waals surface area contributed by atoms with Crippen LogP contribution < -0.4 is 5.32 Å². The molecule has 1 heterocycles. The van der Waals surface area contributed by atoms with Gasteiger partial charge in [-0.1, -0.05) is 13.3 Å². The van der Waals surface area contributed by atoms with Gasteiger partial charge in [-0.3, -0.25) is 0 Å². The highest BCUT2D eigenvalue weighted by molar-refractivity contribution is 8.00. The fourth-order valence-electron chi connectivity index (χ4n) is 1.63. The van der Waals surface area contributed by atoms with Gasteiger partial charge in [0, 0.05) is 11.3 Å². The molecule has 1 N–H and O–H groups in total. The molecule has 0 aromatic heterocycles. The zero-order valence-electron chi connectivity index (χ0n) is 8.36. The smallest absolute Gasteiger partial charge is 0.0256 e. The van der Waals surface area contributed by atoms with Crippen molar-refractivity contribution in [3.8, 4) is 0 Å². The molecule has 0 aromatic carbocycles. The van der Waals surface area contributed by atoms with Crippen LogP contribution in [0.3, 0.4) is 0 Å². The maximum atomic E-state index is 3.55. The second-order valence-electron chi connectivity index (χ2n) is 3.93. The van der Waals surface area contributed by atoms with E-state index in [1.807, 2.05) is 0 Å². The van der Waals surface area contributed by atoms with Gasteiger partial charge in [0.15, 0.2) is 0 Å². The normalized spacial score (nSPS) is 29.5. The summed E-state index contributed by atoms with van der Waals surface area (Å²) in [6.45, 7) is 7.04. The summed E-state index contributed by atoms with van der Waals surface area (Å²) in [6, 6.07) is 0. The maximum absolute atomic E-state index is 3.55. The van der Waals surface area contributed by atoms with Crippen molar-refractivity contribution in [2.75, 3.05) is 18.8 Å². The van der Waals surface area contributed by atoms with E-state index in [4.69, 9.17) is 0 Å². The SMILES string of the molecule is CCCCNCC1(C)CCCS1. The van der Waals surface area contributed by atoms with E-state index in [2.05, 4.69) is 30.9 Å². The topological polar surface area (TPSA) is 12.0 Å². The van der Waals surface area contributed by atoms with Crippen LogP contribution in [0.2, 0.25) is 0 Å². The Hall–Kier alpha value is 0.310. The summed E-state index contributed by atoms with van der Waals surface area (Å²) in [5.41, 5.74) is 0. The first-order chi connectivity index (χ1) is 5.77. The van der Waals surface area contributed by atoms with E-state index in [0.717, 1.165) is 0 Å². The number of hydrogen-bond donors (Lipinski definition) is 1. The van der Waals surface area contributed by atoms with Crippen LogP contribution in [0.25, 0.3) is 0 Å². The van der Waals surface area contributed by atoms with Crippen molar-refractivity contribution in [1.82, 2.24) is 5.32 Å². The van der Waals surface area contributed by atoms with Crippen molar-refractivity contribution in [2.45, 2.75) is 44.3 Å². The van der Waals surface area contributed by atoms with E-state index < -0.39 is 0 Å². The van der Waals surface area contributed by atoms with E-state index in [0.29, 0.717) is 4.75 Å². The Kier molecular flexibility index (Phi) is 4.44. The molecular weight excluding hydrogens is 166 g/mol. The molecule has 2 heteroatoms. The third kappa shape index (κ3) is 3.36. The maximum Gasteiger partial charge on any atom is 0.0256 e. The number of nitrogens with one attached hydrogen (secondary N) is 1. The molecule has 1 aliphatic rings. The molecule has 1 fully saturated rings. The Labute approximate surface area is 80.7 Å². The summed E-state index contributed by atoms with van der Waals surface area (Å²) < 4.78 is 0.549. The van der Waals surface area contributed by atoms with Gasteiger partial charge < -0.3 is 5.32 Å². The standard InChI is InChI=1S/C10H21NS/c1-3-4-7-11-9-10(2)6-5-8-12-10/h11H,3-9H2,1-2H3. The predicted octanol–water partition coefficient (Wildman–Crippen LogP) is 2.66. The van der Waals surface area contributed by atoms with E-state index in [1.54, 1.807) is 0 Å². The lowest BCUT2D eigenvalue weighted by Gasteiger charge is -2.22. The van der Waals surface area contributed by atoms with E-state index in [9.17, 15) is 0 Å². The van der Waals surface area contributed by atoms with Crippen LogP contribution in [0.15, 0.2) is 0 Å². The number of hydrogen-bond acceptors (Lipinski definition) is 2. The number of rotatable bonds is 5. The lowest BCUT2D eigenvalue weighted by atomic mass is 10.1. The minimum atomic E-state index is 0.549. The van der Waals surface area contributed by atoms with Crippen molar-refractivity contribution in [3.05, 3.63) is 0 Å². The Bertz CT molecular complexity index is 119. The van der Waals surface area contributed by atoms with Gasteiger partial charge in [-0.2, -0.15) is 11.8 Å². The minimum Gasteiger partial charge on any atom is -0.315 e. The predicted molar refractivity (Wildman–Crippen MR) is 57.9 cm³/mol. The molecule has 12 heavy (non-hydrogen) atoms. The van der Waals surface area contributed by atoms with Gasteiger partial charge in [0.25, 0.3) is 0 Å². The van der Waals surface area contributed by atoms with Crippen LogP contribution in [0.5, 0.6) is 0 Å². The summed E-state index contributed by atoms with van der Waals surface area (Å²) in [5, 5.41) is 3.55. The molecule has 1 saturated heterocycles. The molecule has 0 aromatic rings. The van der Waals surface area contributed by atoms with Crippen LogP contribution in [0.4, 0.5) is 0 Å². The molecule has 0 bridgehead atoms. The van der Waals surface area contributed by atoms with E-state index in [-0.39, 0.29) is 0 Å². The van der Waals surface area contributed by atoms with Crippen molar-refractivity contribution >= 4 is 11.8 Å². The average Bonchev–Trinajstić information content (AvgIpc) is 2.47. The van der Waals surface area contributed by atoms with Crippen LogP contribution in [0.1, 0.15) is 39.5 Å². The van der Waals surface area contributed by atoms with Crippen molar-refractivity contribution < 1.29 is 0 Å². The Morgan fingerprint density at radius 1 is 1.50 bits per heavy atom. The summed E-state index contributed by atoms with van der Waals surface area (Å²) >= 11 is 2.14. The summed E-state index contributed by atoms with van der Waals surface area (Å²) in [4.78, 5) is 0. The number of thioether (sulfide) groups is 1. The van der Waals surface area contributed by atoms with Gasteiger partial charge in [-0.25, -0.2) is 0 Å². The van der Waals surface area contributed by atoms with Crippen LogP contribution in [-0.2, 0) is 0 Å². The zero-order chi connectivity index (χ0) is 8.86. The summed E-state index contributed by atoms with van der Waals surface area (Å²) in [6.07, 6.45) is 5.44. The largest absolute Gasteiger partial charge is 0.315 e. The molecule has 1 aliphatic heterocycles. The first-order valence-electron chi connectivity index (χ1n) is 5.11. The molecule has 1 rings (SSSR count). The van der Waals surface area contributed by atoms with Crippen molar-refractivity contribution in [3.63, 3.8) is 0 Å². The number of unbranched alkanes of at least 4 members (excludes halogenated alkanes) is 1. The molecule has 0 radical (unpaired) electrons. The highest BCUT2D eigenvalue weighted by atomic mass is 32.2. The van der Waals surface area contributed by atoms with Gasteiger partial charge in [0.2, 0.25) is 0 Å². The third-order valence-electron chi connectivity index (χ3n) is 2.51. The lowest BCUT2D eigenvalue weighted by molar-refractivity contribution is 0.528. The van der Waals surface area contributed by atoms with E-state index >= 15 is 0 Å². The minimum absolute atomic E-state index is 0.549. The lowest BCUT2D eigenvalue weighted by Crippen LogP contribution is -2.33. The molecule has 0 saturated carbocycles. The fraction of sp³-hybridized carbons (Fsp3) is 1.00. The van der Waals surface area contributed by atoms with Crippen LogP contribution >= 0.6 is 11.8 Å². The first-order valence-corrected chi connectivity index (χ1v) is 6.10. The van der Waals surface area contributed by atoms with Crippen LogP contribution in [-0.4, -0.2) is 23.6 Å². The first kappa shape index (κ1) is 10.4. The molecule has 0 amide bonds. The van der Waals surface area contributed by atoms with Gasteiger partial charge in [-0.15, -0.1) is 0 Å². The summed E-state index contributed by atoms with van der Waals surface area (Å²) in [5.74, 6) is 1.37. The van der Waals surface area contributed by atoms with Crippen molar-refractivity contribution in [1.29, 1.82) is 0 Å². The van der Waals surface area contributed by atoms with Crippen molar-refractivity contribution in [2.24, 2.45) is 0 Å². The second kappa shape index (κ2) is 5.13. The zero-order valence-corrected chi connectivity index (χ0v) is 9.17. The second-order valence-corrected chi connectivity index (χ2v) is 5.61. The molecule has 1 nitrogen and oxygen atoms in total. The quantitative estimate of drug-likeness (QED) is 0.664. The molecule has 0 aliphatic carbocycles. The Balaban J connectivity index is 2.05. The Morgan fingerprint density at radius 2 is 2.33 bits per heavy atom. The average molecular weight is 187 g/mol. The third-order valence-corrected chi connectivity index (χ3v) is 4.04. The van der Waals surface area contributed by atoms with Gasteiger partial charge in [-0.05, 0) is 38.5 Å². The monoisotopic (exact) mass is 187 g/mol.